The first-order chi connectivity index (χ1) is 11.3. The van der Waals surface area contributed by atoms with E-state index in [9.17, 15) is 4.39 Å². The number of nitrogens with zero attached hydrogens (tertiary/aromatic N) is 3. The molecule has 0 aliphatic rings. The molecule has 3 aromatic rings. The molecular formula is C17H19FN4OS. The maximum Gasteiger partial charge on any atom is 0.222 e. The third kappa shape index (κ3) is 3.17. The highest BCUT2D eigenvalue weighted by molar-refractivity contribution is 8.00. The monoisotopic (exact) mass is 346 g/mol. The number of hydrogen-bond acceptors (Lipinski definition) is 5. The normalized spacial score (nSPS) is 11.9. The van der Waals surface area contributed by atoms with Gasteiger partial charge in [0.15, 0.2) is 5.75 Å². The molecular weight excluding hydrogens is 327 g/mol. The number of ether oxygens (including phenoxy) is 1. The fourth-order valence-electron chi connectivity index (χ4n) is 2.41. The number of nitrogen functional groups attached to an aromatic ring is 1. The van der Waals surface area contributed by atoms with Crippen LogP contribution in [0.1, 0.15) is 20.8 Å². The lowest BCUT2D eigenvalue weighted by molar-refractivity contribution is 0.401. The molecule has 0 saturated carbocycles. The zero-order valence-corrected chi connectivity index (χ0v) is 14.8. The number of pyridine rings is 2. The van der Waals surface area contributed by atoms with Gasteiger partial charge in [-0.05, 0) is 18.2 Å². The predicted octanol–water partition coefficient (Wildman–Crippen LogP) is 4.02. The summed E-state index contributed by atoms with van der Waals surface area (Å²) in [7, 11) is 1.63. The summed E-state index contributed by atoms with van der Waals surface area (Å²) >= 11 is 1.69. The first-order valence-corrected chi connectivity index (χ1v) is 8.27. The van der Waals surface area contributed by atoms with Crippen molar-refractivity contribution in [2.24, 2.45) is 0 Å². The van der Waals surface area contributed by atoms with Crippen LogP contribution in [0.25, 0.3) is 16.6 Å². The van der Waals surface area contributed by atoms with E-state index in [4.69, 9.17) is 10.5 Å². The number of fused-ring (bicyclic) bond motifs is 1. The molecule has 0 spiro atoms. The highest BCUT2D eigenvalue weighted by Gasteiger charge is 2.19. The first kappa shape index (κ1) is 16.6. The molecule has 0 aliphatic heterocycles. The number of rotatable bonds is 3. The van der Waals surface area contributed by atoms with Crippen molar-refractivity contribution in [3.8, 4) is 16.9 Å². The Morgan fingerprint density at radius 2 is 2.00 bits per heavy atom. The second-order valence-electron chi connectivity index (χ2n) is 6.38. The maximum absolute atomic E-state index is 14.2. The number of thioether (sulfide) groups is 1. The molecule has 0 saturated heterocycles. The standard InChI is InChI=1S/C17H19FN4OS/c1-17(2,3)24-14-7-12-11(8-20-22(12)9-13(14)23-4)10-5-6-15(19)21-16(10)18/h5-9H,1-4H3,(H2,19,21). The molecule has 0 atom stereocenters. The Labute approximate surface area is 144 Å². The van der Waals surface area contributed by atoms with Crippen LogP contribution in [0.2, 0.25) is 0 Å². The Hall–Kier alpha value is -2.28. The topological polar surface area (TPSA) is 65.4 Å². The molecule has 0 fully saturated rings. The number of hydrogen-bond donors (Lipinski definition) is 1. The van der Waals surface area contributed by atoms with Gasteiger partial charge in [-0.1, -0.05) is 20.8 Å². The zero-order valence-electron chi connectivity index (χ0n) is 14.0. The smallest absolute Gasteiger partial charge is 0.222 e. The summed E-state index contributed by atoms with van der Waals surface area (Å²) in [4.78, 5) is 4.67. The van der Waals surface area contributed by atoms with E-state index in [0.717, 1.165) is 16.2 Å². The van der Waals surface area contributed by atoms with E-state index in [0.29, 0.717) is 11.1 Å². The summed E-state index contributed by atoms with van der Waals surface area (Å²) in [5.41, 5.74) is 7.35. The molecule has 3 aromatic heterocycles. The first-order valence-electron chi connectivity index (χ1n) is 7.45. The largest absolute Gasteiger partial charge is 0.494 e. The van der Waals surface area contributed by atoms with Crippen LogP contribution >= 0.6 is 11.8 Å². The molecule has 3 heterocycles. The number of aromatic nitrogens is 3. The fraction of sp³-hybridized carbons (Fsp3) is 0.294. The van der Waals surface area contributed by atoms with Crippen LogP contribution in [0.3, 0.4) is 0 Å². The Balaban J connectivity index is 2.19. The SMILES string of the molecule is COc1cn2ncc(-c3ccc(N)nc3F)c2cc1SC(C)(C)C. The highest BCUT2D eigenvalue weighted by Crippen LogP contribution is 2.40. The Morgan fingerprint density at radius 3 is 2.62 bits per heavy atom. The fourth-order valence-corrected chi connectivity index (χ4v) is 3.48. The van der Waals surface area contributed by atoms with Crippen molar-refractivity contribution >= 4 is 23.1 Å². The molecule has 24 heavy (non-hydrogen) atoms. The van der Waals surface area contributed by atoms with Crippen LogP contribution in [-0.2, 0) is 0 Å². The number of anilines is 1. The number of nitrogens with two attached hydrogens (primary N) is 1. The van der Waals surface area contributed by atoms with E-state index >= 15 is 0 Å². The molecule has 0 amide bonds. The molecule has 7 heteroatoms. The Kier molecular flexibility index (Phi) is 4.13. The zero-order chi connectivity index (χ0) is 17.5. The molecule has 2 N–H and O–H groups in total. The number of halogens is 1. The van der Waals surface area contributed by atoms with Crippen LogP contribution < -0.4 is 10.5 Å². The predicted molar refractivity (Wildman–Crippen MR) is 95.0 cm³/mol. The van der Waals surface area contributed by atoms with Gasteiger partial charge in [0.05, 0.1) is 29.9 Å². The van der Waals surface area contributed by atoms with E-state index in [1.54, 1.807) is 47.9 Å². The van der Waals surface area contributed by atoms with Crippen molar-refractivity contribution < 1.29 is 9.13 Å². The van der Waals surface area contributed by atoms with Crippen LogP contribution in [0.5, 0.6) is 5.75 Å². The van der Waals surface area contributed by atoms with E-state index in [-0.39, 0.29) is 10.6 Å². The van der Waals surface area contributed by atoms with Crippen LogP contribution in [0.15, 0.2) is 35.5 Å². The average molecular weight is 346 g/mol. The van der Waals surface area contributed by atoms with E-state index in [1.165, 1.54) is 0 Å². The third-order valence-electron chi connectivity index (χ3n) is 3.38. The van der Waals surface area contributed by atoms with E-state index in [2.05, 4.69) is 30.9 Å². The minimum absolute atomic E-state index is 0.0137. The van der Waals surface area contributed by atoms with Gasteiger partial charge < -0.3 is 10.5 Å². The van der Waals surface area contributed by atoms with Crippen molar-refractivity contribution in [3.05, 3.63) is 36.5 Å². The van der Waals surface area contributed by atoms with Crippen LogP contribution in [0.4, 0.5) is 10.2 Å². The quantitative estimate of drug-likeness (QED) is 0.573. The van der Waals surface area contributed by atoms with E-state index in [1.807, 2.05) is 6.07 Å². The molecule has 126 valence electrons. The van der Waals surface area contributed by atoms with Crippen LogP contribution in [-0.4, -0.2) is 26.5 Å². The molecule has 0 aromatic carbocycles. The molecule has 0 radical (unpaired) electrons. The second-order valence-corrected chi connectivity index (χ2v) is 8.25. The van der Waals surface area contributed by atoms with Crippen molar-refractivity contribution in [3.63, 3.8) is 0 Å². The van der Waals surface area contributed by atoms with Crippen molar-refractivity contribution in [1.82, 2.24) is 14.6 Å². The van der Waals surface area contributed by atoms with Gasteiger partial charge in [0.25, 0.3) is 0 Å². The lowest BCUT2D eigenvalue weighted by Crippen LogP contribution is -2.07. The minimum atomic E-state index is -0.606. The number of methoxy groups -OCH3 is 1. The highest BCUT2D eigenvalue weighted by atomic mass is 32.2. The minimum Gasteiger partial charge on any atom is -0.494 e. The van der Waals surface area contributed by atoms with Gasteiger partial charge in [0, 0.05) is 15.9 Å². The van der Waals surface area contributed by atoms with Gasteiger partial charge in [-0.15, -0.1) is 11.8 Å². The summed E-state index contributed by atoms with van der Waals surface area (Å²) in [6.07, 6.45) is 3.42. The summed E-state index contributed by atoms with van der Waals surface area (Å²) < 4.78 is 21.4. The molecule has 0 unspecified atom stereocenters. The van der Waals surface area contributed by atoms with Gasteiger partial charge in [0.1, 0.15) is 5.82 Å². The molecule has 0 aliphatic carbocycles. The summed E-state index contributed by atoms with van der Waals surface area (Å²) in [6.45, 7) is 6.38. The lowest BCUT2D eigenvalue weighted by Gasteiger charge is -2.19. The molecule has 5 nitrogen and oxygen atoms in total. The van der Waals surface area contributed by atoms with Crippen LogP contribution in [0, 0.1) is 5.95 Å². The molecule has 3 rings (SSSR count). The van der Waals surface area contributed by atoms with Crippen molar-refractivity contribution in [2.75, 3.05) is 12.8 Å². The second kappa shape index (κ2) is 5.98. The van der Waals surface area contributed by atoms with Gasteiger partial charge in [0.2, 0.25) is 5.95 Å². The maximum atomic E-state index is 14.2. The summed E-state index contributed by atoms with van der Waals surface area (Å²) in [5, 5.41) is 4.31. The van der Waals surface area contributed by atoms with Gasteiger partial charge in [-0.25, -0.2) is 9.50 Å². The summed E-state index contributed by atoms with van der Waals surface area (Å²) in [5.74, 6) is 0.275. The summed E-state index contributed by atoms with van der Waals surface area (Å²) in [6, 6.07) is 5.17. The average Bonchev–Trinajstić information content (AvgIpc) is 2.87. The lowest BCUT2D eigenvalue weighted by atomic mass is 10.1. The van der Waals surface area contributed by atoms with Gasteiger partial charge in [-0.2, -0.15) is 9.49 Å². The van der Waals surface area contributed by atoms with Crippen molar-refractivity contribution in [1.29, 1.82) is 0 Å². The van der Waals surface area contributed by atoms with E-state index < -0.39 is 5.95 Å². The molecule has 0 bridgehead atoms. The third-order valence-corrected chi connectivity index (χ3v) is 4.53. The van der Waals surface area contributed by atoms with Gasteiger partial charge in [-0.3, -0.25) is 0 Å². The Morgan fingerprint density at radius 1 is 1.25 bits per heavy atom. The van der Waals surface area contributed by atoms with Crippen molar-refractivity contribution in [2.45, 2.75) is 30.4 Å². The Bertz CT molecular complexity index is 901. The van der Waals surface area contributed by atoms with Gasteiger partial charge >= 0.3 is 0 Å².